The molecule has 0 spiro atoms. The van der Waals surface area contributed by atoms with Crippen LogP contribution in [0.15, 0.2) is 78.9 Å². The molecule has 2 unspecified atom stereocenters. The Morgan fingerprint density at radius 3 is 2.26 bits per heavy atom. The van der Waals surface area contributed by atoms with Gasteiger partial charge in [-0.2, -0.15) is 12.5 Å². The topological polar surface area (TPSA) is 144 Å². The first-order valence-corrected chi connectivity index (χ1v) is 27.7. The third kappa shape index (κ3) is 17.7. The van der Waals surface area contributed by atoms with Gasteiger partial charge in [-0.15, -0.1) is 9.12 Å². The second-order valence-corrected chi connectivity index (χ2v) is 25.8. The molecule has 0 amide bonds. The van der Waals surface area contributed by atoms with Crippen molar-refractivity contribution in [2.45, 2.75) is 205 Å². The van der Waals surface area contributed by atoms with Crippen molar-refractivity contribution in [3.63, 3.8) is 0 Å². The van der Waals surface area contributed by atoms with Crippen molar-refractivity contribution in [1.82, 2.24) is 0 Å². The molecule has 3 heterocycles. The molecule has 0 aromatic heterocycles. The van der Waals surface area contributed by atoms with Gasteiger partial charge in [0.05, 0.1) is 68.7 Å². The molecule has 0 aliphatic carbocycles. The molecule has 3 aliphatic rings. The van der Waals surface area contributed by atoms with Gasteiger partial charge in [0.15, 0.2) is 10.9 Å². The first-order chi connectivity index (χ1) is 34.3. The summed E-state index contributed by atoms with van der Waals surface area (Å²) in [5.74, 6) is -1.84. The highest BCUT2D eigenvalue weighted by Gasteiger charge is 2.57. The van der Waals surface area contributed by atoms with E-state index >= 15 is 0 Å². The third-order valence-electron chi connectivity index (χ3n) is 14.5. The third-order valence-corrected chi connectivity index (χ3v) is 15.8. The van der Waals surface area contributed by atoms with Gasteiger partial charge in [0.2, 0.25) is 5.79 Å². The molecule has 2 aromatic carbocycles. The van der Waals surface area contributed by atoms with E-state index in [2.05, 4.69) is 48.9 Å². The van der Waals surface area contributed by atoms with Crippen LogP contribution in [0, 0.1) is 10.8 Å². The van der Waals surface area contributed by atoms with Crippen LogP contribution in [-0.4, -0.2) is 109 Å². The maximum atomic E-state index is 14.1. The Kier molecular flexibility index (Phi) is 22.8. The van der Waals surface area contributed by atoms with Crippen molar-refractivity contribution < 1.29 is 61.7 Å². The van der Waals surface area contributed by atoms with Crippen molar-refractivity contribution in [3.8, 4) is 5.75 Å². The fourth-order valence-electron chi connectivity index (χ4n) is 10.2. The molecule has 13 nitrogen and oxygen atoms in total. The molecular weight excluding hydrogens is 987 g/mol. The van der Waals surface area contributed by atoms with E-state index in [-0.39, 0.29) is 59.6 Å². The number of carbonyl (C=O) groups excluding carboxylic acids is 3. The van der Waals surface area contributed by atoms with E-state index in [1.54, 1.807) is 7.11 Å². The second kappa shape index (κ2) is 27.1. The van der Waals surface area contributed by atoms with Gasteiger partial charge in [0.25, 0.3) is 0 Å². The minimum Gasteiger partial charge on any atom is -0.497 e. The molecule has 5 rings (SSSR count). The van der Waals surface area contributed by atoms with Crippen LogP contribution in [0.3, 0.4) is 0 Å². The SMILES string of the molecule is C=C1C[C@@H](CC2(C)O[C@H](C[C@H](CC(=O)SC(C)(C)C)OB(P)S)C[C@H](OC(C)=O)C2(C)C)O[C@@H](/C=C/C(C)(C)[C@]2(OC)O[C@H](C[C@@H](OCc3ccc(OC)cc3)[C@@H](C)OCOCc3ccccc3)CCC2=O)C1. The average Bonchev–Trinajstić information content (AvgIpc) is 3.30. The number of benzene rings is 2. The Bertz CT molecular complexity index is 2140. The van der Waals surface area contributed by atoms with Gasteiger partial charge >= 0.3 is 11.9 Å². The summed E-state index contributed by atoms with van der Waals surface area (Å²) >= 11 is 5.76. The smallest absolute Gasteiger partial charge is 0.380 e. The number of thioether (sulfide) groups is 1. The molecule has 3 saturated heterocycles. The number of thiol groups is 1. The van der Waals surface area contributed by atoms with E-state index < -0.39 is 58.7 Å². The fraction of sp³-hybridized carbons (Fsp3) is 0.661. The first kappa shape index (κ1) is 61.3. The Labute approximate surface area is 448 Å². The summed E-state index contributed by atoms with van der Waals surface area (Å²) in [5, 5.41) is 0.0239. The highest BCUT2D eigenvalue weighted by Crippen LogP contribution is 2.51. The summed E-state index contributed by atoms with van der Waals surface area (Å²) in [7, 11) is 5.69. The lowest BCUT2D eigenvalue weighted by molar-refractivity contribution is -0.287. The second-order valence-electron chi connectivity index (χ2n) is 22.2. The quantitative estimate of drug-likeness (QED) is 0.0192. The zero-order valence-electron chi connectivity index (χ0n) is 45.5. The van der Waals surface area contributed by atoms with Crippen LogP contribution in [0.2, 0.25) is 0 Å². The minimum absolute atomic E-state index is 0.0239. The lowest BCUT2D eigenvalue weighted by atomic mass is 9.65. The Morgan fingerprint density at radius 2 is 1.63 bits per heavy atom. The molecule has 3 fully saturated rings. The van der Waals surface area contributed by atoms with E-state index in [1.165, 1.54) is 25.8 Å². The van der Waals surface area contributed by atoms with Crippen molar-refractivity contribution >= 4 is 56.1 Å². The van der Waals surface area contributed by atoms with Crippen molar-refractivity contribution in [2.24, 2.45) is 10.8 Å². The number of esters is 1. The maximum absolute atomic E-state index is 14.1. The number of hydrogen-bond acceptors (Lipinski definition) is 15. The van der Waals surface area contributed by atoms with Crippen molar-refractivity contribution in [2.75, 3.05) is 21.0 Å². The Hall–Kier alpha value is -2.60. The van der Waals surface area contributed by atoms with Gasteiger partial charge in [0, 0.05) is 61.7 Å². The normalized spacial score (nSPS) is 27.1. The lowest BCUT2D eigenvalue weighted by Gasteiger charge is -2.55. The molecule has 11 atom stereocenters. The summed E-state index contributed by atoms with van der Waals surface area (Å²) in [6.07, 6.45) is 4.61. The van der Waals surface area contributed by atoms with E-state index in [9.17, 15) is 14.4 Å². The monoisotopic (exact) mass is 1070 g/mol. The first-order valence-electron chi connectivity index (χ1n) is 25.7. The predicted octanol–water partition coefficient (Wildman–Crippen LogP) is 11.2. The number of ether oxygens (including phenoxy) is 9. The minimum atomic E-state index is -1.60. The molecule has 17 heteroatoms. The lowest BCUT2D eigenvalue weighted by Crippen LogP contribution is -2.61. The van der Waals surface area contributed by atoms with Crippen LogP contribution in [-0.2, 0) is 70.1 Å². The van der Waals surface area contributed by atoms with Crippen LogP contribution < -0.4 is 4.74 Å². The van der Waals surface area contributed by atoms with Crippen LogP contribution >= 0.6 is 33.4 Å². The van der Waals surface area contributed by atoms with Crippen LogP contribution in [0.1, 0.15) is 138 Å². The standard InChI is InChI=1S/C56H84BO13PS2/c1-37-27-43(67-47(28-37)33-55(11)54(9,10)50(66-39(3)58)31-45(68-55)29-46(70-57(71)72)32-51(60)73-52(4,5)6)25-26-53(7,8)56(62-13)49(59)24-23-44(69-56)30-48(64-35-41-19-21-42(61-12)22-20-41)38(2)65-36-63-34-40-17-15-14-16-18-40/h14-22,25-26,38,43-48,50,72H,1,23-24,27-36,71H2,2-13H3/b26-25+/t38-,43+,44+,45-,46-,47+,48-,50+,55?,56-/m1/s1. The zero-order chi connectivity index (χ0) is 53.8. The summed E-state index contributed by atoms with van der Waals surface area (Å²) < 4.78 is 63.1. The van der Waals surface area contributed by atoms with E-state index in [1.807, 2.05) is 108 Å². The predicted molar refractivity (Wildman–Crippen MR) is 294 cm³/mol. The molecule has 2 aromatic rings. The van der Waals surface area contributed by atoms with E-state index in [4.69, 9.17) is 47.3 Å². The highest BCUT2D eigenvalue weighted by atomic mass is 32.2. The van der Waals surface area contributed by atoms with Gasteiger partial charge in [0.1, 0.15) is 18.6 Å². The van der Waals surface area contributed by atoms with Gasteiger partial charge < -0.3 is 47.3 Å². The van der Waals surface area contributed by atoms with E-state index in [0.717, 1.165) is 22.4 Å². The van der Waals surface area contributed by atoms with Crippen LogP contribution in [0.5, 0.6) is 5.75 Å². The summed E-state index contributed by atoms with van der Waals surface area (Å²) in [6, 6.07) is 17.7. The molecule has 3 aliphatic heterocycles. The highest BCUT2D eigenvalue weighted by molar-refractivity contribution is 8.23. The molecule has 0 radical (unpaired) electrons. The fourth-order valence-corrected chi connectivity index (χ4v) is 11.5. The van der Waals surface area contributed by atoms with Gasteiger partial charge in [-0.05, 0) is 62.8 Å². The number of Topliss-reactive ketones (excluding diaryl/α,β-unsaturated/α-hetero) is 1. The average molecular weight is 1070 g/mol. The molecule has 0 bridgehead atoms. The molecule has 406 valence electrons. The summed E-state index contributed by atoms with van der Waals surface area (Å²) in [5.41, 5.74) is 0.627. The summed E-state index contributed by atoms with van der Waals surface area (Å²) in [4.78, 5) is 39.9. The van der Waals surface area contributed by atoms with Gasteiger partial charge in [-0.3, -0.25) is 14.4 Å². The number of ketones is 1. The molecule has 73 heavy (non-hydrogen) atoms. The van der Waals surface area contributed by atoms with Crippen molar-refractivity contribution in [3.05, 3.63) is 90.0 Å². The number of rotatable bonds is 25. The van der Waals surface area contributed by atoms with E-state index in [0.29, 0.717) is 58.2 Å². The number of methoxy groups -OCH3 is 2. The molecule has 0 saturated carbocycles. The van der Waals surface area contributed by atoms with Crippen molar-refractivity contribution in [1.29, 1.82) is 0 Å². The van der Waals surface area contributed by atoms with Gasteiger partial charge in [-0.1, -0.05) is 127 Å². The molecule has 0 N–H and O–H groups in total. The van der Waals surface area contributed by atoms with Gasteiger partial charge in [-0.25, -0.2) is 0 Å². The maximum Gasteiger partial charge on any atom is 0.380 e. The zero-order valence-corrected chi connectivity index (χ0v) is 48.3. The number of hydrogen-bond donors (Lipinski definition) is 1. The Morgan fingerprint density at radius 1 is 0.945 bits per heavy atom. The number of carbonyl (C=O) groups is 3. The molecular formula is C56H84BO13PS2. The summed E-state index contributed by atoms with van der Waals surface area (Å²) in [6.45, 7) is 24.8. The Balaban J connectivity index is 1.30. The largest absolute Gasteiger partial charge is 0.497 e. The van der Waals surface area contributed by atoms with Crippen LogP contribution in [0.25, 0.3) is 0 Å². The van der Waals surface area contributed by atoms with Crippen LogP contribution in [0.4, 0.5) is 0 Å².